The Hall–Kier alpha value is -3.67. The second-order valence-corrected chi connectivity index (χ2v) is 8.47. The van der Waals surface area contributed by atoms with Crippen LogP contribution in [0.3, 0.4) is 0 Å². The van der Waals surface area contributed by atoms with E-state index in [1.54, 1.807) is 45.0 Å². The molecule has 1 aliphatic rings. The quantitative estimate of drug-likeness (QED) is 0.686. The summed E-state index contributed by atoms with van der Waals surface area (Å²) >= 11 is 0. The topological polar surface area (TPSA) is 122 Å². The zero-order valence-corrected chi connectivity index (χ0v) is 18.4. The van der Waals surface area contributed by atoms with Gasteiger partial charge >= 0.3 is 5.97 Å². The van der Waals surface area contributed by atoms with E-state index in [4.69, 9.17) is 14.7 Å². The fraction of sp³-hybridized carbons (Fsp3) is 0.435. The van der Waals surface area contributed by atoms with Crippen LogP contribution in [-0.2, 0) is 14.3 Å². The van der Waals surface area contributed by atoms with Crippen LogP contribution < -0.4 is 10.1 Å². The predicted molar refractivity (Wildman–Crippen MR) is 116 cm³/mol. The molecule has 9 heteroatoms. The fourth-order valence-electron chi connectivity index (χ4n) is 3.48. The minimum atomic E-state index is -0.612. The second kappa shape index (κ2) is 9.64. The highest BCUT2D eigenvalue weighted by molar-refractivity contribution is 6.07. The number of rotatable bonds is 6. The standard InChI is InChI=1S/C23H26N4O5/c1-23(2,3)32-21(29)14-31-16-6-7-19-18(11-16)17(8-9-25-19)22(30)26-13-20(28)27-10-4-5-15(27)12-24/h6-9,11,15H,4-5,10,13-14H2,1-3H3,(H,26,30)/t15-/m0/s1. The Balaban J connectivity index is 1.69. The number of carbonyl (C=O) groups excluding carboxylic acids is 3. The molecule has 2 amide bonds. The molecule has 9 nitrogen and oxygen atoms in total. The van der Waals surface area contributed by atoms with E-state index in [2.05, 4.69) is 16.4 Å². The lowest BCUT2D eigenvalue weighted by molar-refractivity contribution is -0.157. The lowest BCUT2D eigenvalue weighted by Gasteiger charge is -2.20. The van der Waals surface area contributed by atoms with Gasteiger partial charge in [-0.3, -0.25) is 14.6 Å². The third-order valence-corrected chi connectivity index (χ3v) is 4.86. The number of nitrogens with one attached hydrogen (secondary N) is 1. The lowest BCUT2D eigenvalue weighted by Crippen LogP contribution is -2.42. The number of carbonyl (C=O) groups is 3. The molecule has 0 spiro atoms. The molecule has 0 radical (unpaired) electrons. The number of nitrogens with zero attached hydrogens (tertiary/aromatic N) is 3. The smallest absolute Gasteiger partial charge is 0.344 e. The summed E-state index contributed by atoms with van der Waals surface area (Å²) in [5.41, 5.74) is 0.278. The van der Waals surface area contributed by atoms with E-state index in [1.807, 2.05) is 0 Å². The van der Waals surface area contributed by atoms with Gasteiger partial charge in [-0.1, -0.05) is 0 Å². The van der Waals surface area contributed by atoms with Crippen LogP contribution in [0.1, 0.15) is 44.0 Å². The summed E-state index contributed by atoms with van der Waals surface area (Å²) < 4.78 is 10.7. The Morgan fingerprint density at radius 2 is 2.06 bits per heavy atom. The molecule has 1 fully saturated rings. The Labute approximate surface area is 186 Å². The molecule has 1 aliphatic heterocycles. The third-order valence-electron chi connectivity index (χ3n) is 4.86. The Morgan fingerprint density at radius 1 is 1.28 bits per heavy atom. The molecule has 1 atom stereocenters. The molecule has 0 bridgehead atoms. The van der Waals surface area contributed by atoms with E-state index in [-0.39, 0.29) is 19.1 Å². The van der Waals surface area contributed by atoms with Gasteiger partial charge < -0.3 is 19.7 Å². The minimum Gasteiger partial charge on any atom is -0.482 e. The summed E-state index contributed by atoms with van der Waals surface area (Å²) in [6, 6.07) is 8.18. The molecule has 1 aromatic heterocycles. The number of benzene rings is 1. The van der Waals surface area contributed by atoms with Gasteiger partial charge in [0.2, 0.25) is 5.91 Å². The van der Waals surface area contributed by atoms with E-state index in [9.17, 15) is 14.4 Å². The van der Waals surface area contributed by atoms with Crippen molar-refractivity contribution < 1.29 is 23.9 Å². The van der Waals surface area contributed by atoms with E-state index < -0.39 is 23.5 Å². The summed E-state index contributed by atoms with van der Waals surface area (Å²) in [4.78, 5) is 42.8. The Kier molecular flexibility index (Phi) is 6.93. The van der Waals surface area contributed by atoms with Crippen molar-refractivity contribution in [3.8, 4) is 11.8 Å². The first-order valence-corrected chi connectivity index (χ1v) is 10.4. The Bertz CT molecular complexity index is 1070. The number of nitriles is 1. The number of hydrogen-bond acceptors (Lipinski definition) is 7. The fourth-order valence-corrected chi connectivity index (χ4v) is 3.48. The summed E-state index contributed by atoms with van der Waals surface area (Å²) in [5, 5.41) is 12.3. The molecule has 1 saturated heterocycles. The van der Waals surface area contributed by atoms with Gasteiger partial charge in [-0.2, -0.15) is 5.26 Å². The van der Waals surface area contributed by atoms with Crippen molar-refractivity contribution in [2.24, 2.45) is 0 Å². The lowest BCUT2D eigenvalue weighted by atomic mass is 10.1. The van der Waals surface area contributed by atoms with Crippen molar-refractivity contribution in [3.05, 3.63) is 36.0 Å². The average Bonchev–Trinajstić information content (AvgIpc) is 3.23. The molecule has 0 unspecified atom stereocenters. The van der Waals surface area contributed by atoms with Crippen LogP contribution in [0.4, 0.5) is 0 Å². The van der Waals surface area contributed by atoms with E-state index >= 15 is 0 Å². The van der Waals surface area contributed by atoms with Crippen LogP contribution in [0.5, 0.6) is 5.75 Å². The highest BCUT2D eigenvalue weighted by Crippen LogP contribution is 2.23. The molecule has 32 heavy (non-hydrogen) atoms. The molecule has 1 aromatic carbocycles. The molecule has 3 rings (SSSR count). The summed E-state index contributed by atoms with van der Waals surface area (Å²) in [6.07, 6.45) is 2.93. The van der Waals surface area contributed by atoms with Gasteiger partial charge in [0, 0.05) is 18.1 Å². The van der Waals surface area contributed by atoms with Crippen molar-refractivity contribution in [1.29, 1.82) is 5.26 Å². The van der Waals surface area contributed by atoms with Crippen molar-refractivity contribution in [1.82, 2.24) is 15.2 Å². The SMILES string of the molecule is CC(C)(C)OC(=O)COc1ccc2nccc(C(=O)NCC(=O)N3CCC[C@H]3C#N)c2c1. The first-order chi connectivity index (χ1) is 15.2. The molecule has 2 heterocycles. The van der Waals surface area contributed by atoms with Gasteiger partial charge in [0.25, 0.3) is 5.91 Å². The number of esters is 1. The van der Waals surface area contributed by atoms with Crippen LogP contribution in [0.15, 0.2) is 30.5 Å². The highest BCUT2D eigenvalue weighted by atomic mass is 16.6. The van der Waals surface area contributed by atoms with Gasteiger partial charge in [0.15, 0.2) is 6.61 Å². The maximum Gasteiger partial charge on any atom is 0.344 e. The van der Waals surface area contributed by atoms with E-state index in [1.165, 1.54) is 11.1 Å². The van der Waals surface area contributed by atoms with Gasteiger partial charge in [0.1, 0.15) is 17.4 Å². The van der Waals surface area contributed by atoms with Gasteiger partial charge in [-0.05, 0) is 57.9 Å². The molecule has 0 saturated carbocycles. The third kappa shape index (κ3) is 5.72. The molecule has 1 N–H and O–H groups in total. The summed E-state index contributed by atoms with van der Waals surface area (Å²) in [6.45, 7) is 5.36. The first kappa shape index (κ1) is 23.0. The summed E-state index contributed by atoms with van der Waals surface area (Å²) in [7, 11) is 0. The van der Waals surface area contributed by atoms with Gasteiger partial charge in [-0.15, -0.1) is 0 Å². The van der Waals surface area contributed by atoms with Crippen LogP contribution in [-0.4, -0.2) is 59.0 Å². The largest absolute Gasteiger partial charge is 0.482 e. The number of fused-ring (bicyclic) bond motifs is 1. The molecular formula is C23H26N4O5. The normalized spacial score (nSPS) is 15.8. The van der Waals surface area contributed by atoms with Gasteiger partial charge in [0.05, 0.1) is 23.7 Å². The monoisotopic (exact) mass is 438 g/mol. The zero-order valence-electron chi connectivity index (χ0n) is 18.4. The van der Waals surface area contributed by atoms with Crippen molar-refractivity contribution in [2.45, 2.75) is 45.3 Å². The predicted octanol–water partition coefficient (Wildman–Crippen LogP) is 2.20. The molecule has 2 aromatic rings. The van der Waals surface area contributed by atoms with Crippen LogP contribution in [0, 0.1) is 11.3 Å². The number of pyridine rings is 1. The zero-order chi connectivity index (χ0) is 23.3. The van der Waals surface area contributed by atoms with Crippen LogP contribution in [0.25, 0.3) is 10.9 Å². The number of likely N-dealkylation sites (tertiary alicyclic amines) is 1. The number of aromatic nitrogens is 1. The number of hydrogen-bond donors (Lipinski definition) is 1. The first-order valence-electron chi connectivity index (χ1n) is 10.4. The maximum atomic E-state index is 12.8. The van der Waals surface area contributed by atoms with Crippen LogP contribution in [0.2, 0.25) is 0 Å². The van der Waals surface area contributed by atoms with Crippen molar-refractivity contribution >= 4 is 28.7 Å². The number of ether oxygens (including phenoxy) is 2. The van der Waals surface area contributed by atoms with Crippen molar-refractivity contribution in [3.63, 3.8) is 0 Å². The Morgan fingerprint density at radius 3 is 2.78 bits per heavy atom. The minimum absolute atomic E-state index is 0.199. The highest BCUT2D eigenvalue weighted by Gasteiger charge is 2.28. The number of amides is 2. The van der Waals surface area contributed by atoms with E-state index in [0.717, 1.165) is 6.42 Å². The average molecular weight is 438 g/mol. The van der Waals surface area contributed by atoms with Gasteiger partial charge in [-0.25, -0.2) is 4.79 Å². The second-order valence-electron chi connectivity index (χ2n) is 8.47. The summed E-state index contributed by atoms with van der Waals surface area (Å²) in [5.74, 6) is -0.849. The van der Waals surface area contributed by atoms with Crippen LogP contribution >= 0.6 is 0 Å². The molecule has 0 aliphatic carbocycles. The van der Waals surface area contributed by atoms with E-state index in [0.29, 0.717) is 35.2 Å². The van der Waals surface area contributed by atoms with Crippen molar-refractivity contribution in [2.75, 3.05) is 19.7 Å². The molecular weight excluding hydrogens is 412 g/mol. The maximum absolute atomic E-state index is 12.8. The molecule has 168 valence electrons.